The first-order valence-corrected chi connectivity index (χ1v) is 10.3. The van der Waals surface area contributed by atoms with Crippen LogP contribution in [0.25, 0.3) is 5.65 Å². The Labute approximate surface area is 177 Å². The second kappa shape index (κ2) is 7.77. The Morgan fingerprint density at radius 2 is 2.03 bits per heavy atom. The smallest absolute Gasteiger partial charge is 0.323 e. The van der Waals surface area contributed by atoms with Gasteiger partial charge in [0.1, 0.15) is 17.5 Å². The van der Waals surface area contributed by atoms with Crippen molar-refractivity contribution < 1.29 is 18.7 Å². The quantitative estimate of drug-likeness (QED) is 0.670. The topological polar surface area (TPSA) is 86.0 Å². The zero-order chi connectivity index (χ0) is 21.5. The normalized spacial score (nSPS) is 21.3. The third kappa shape index (κ3) is 3.78. The van der Waals surface area contributed by atoms with Gasteiger partial charge in [-0.1, -0.05) is 0 Å². The van der Waals surface area contributed by atoms with Gasteiger partial charge < -0.3 is 14.9 Å². The second-order valence-corrected chi connectivity index (χ2v) is 7.95. The molecule has 2 atom stereocenters. The molecule has 2 N–H and O–H groups in total. The number of amides is 2. The molecule has 0 bridgehead atoms. The molecular weight excluding hydrogens is 406 g/mol. The highest BCUT2D eigenvalue weighted by Gasteiger charge is 2.30. The highest BCUT2D eigenvalue weighted by molar-refractivity contribution is 5.89. The number of likely N-dealkylation sites (tertiary alicyclic amines) is 1. The lowest BCUT2D eigenvalue weighted by Gasteiger charge is -2.26. The fourth-order valence-electron chi connectivity index (χ4n) is 4.34. The maximum absolute atomic E-state index is 14.4. The molecule has 2 fully saturated rings. The van der Waals surface area contributed by atoms with Crippen LogP contribution in [0.3, 0.4) is 0 Å². The lowest BCUT2D eigenvalue weighted by Crippen LogP contribution is -2.33. The van der Waals surface area contributed by atoms with Crippen LogP contribution < -0.4 is 10.2 Å². The molecule has 162 valence electrons. The van der Waals surface area contributed by atoms with Crippen molar-refractivity contribution in [2.45, 2.75) is 31.4 Å². The number of aromatic nitrogens is 3. The van der Waals surface area contributed by atoms with Crippen LogP contribution in [0, 0.1) is 11.6 Å². The molecule has 0 spiro atoms. The molecule has 8 nitrogen and oxygen atoms in total. The van der Waals surface area contributed by atoms with E-state index >= 15 is 0 Å². The lowest BCUT2D eigenvalue weighted by atomic mass is 10.0. The third-order valence-electron chi connectivity index (χ3n) is 5.86. The number of urea groups is 1. The maximum Gasteiger partial charge on any atom is 0.323 e. The van der Waals surface area contributed by atoms with Crippen molar-refractivity contribution in [3.8, 4) is 0 Å². The molecule has 5 rings (SSSR count). The summed E-state index contributed by atoms with van der Waals surface area (Å²) in [5, 5.41) is 16.6. The molecule has 31 heavy (non-hydrogen) atoms. The van der Waals surface area contributed by atoms with E-state index < -0.39 is 17.7 Å². The first-order chi connectivity index (χ1) is 15.0. The van der Waals surface area contributed by atoms with Crippen LogP contribution in [0.15, 0.2) is 36.5 Å². The first-order valence-electron chi connectivity index (χ1n) is 10.3. The fourth-order valence-corrected chi connectivity index (χ4v) is 4.34. The van der Waals surface area contributed by atoms with Crippen LogP contribution in [0.5, 0.6) is 0 Å². The number of nitrogens with one attached hydrogen (secondary N) is 1. The Morgan fingerprint density at radius 3 is 2.84 bits per heavy atom. The summed E-state index contributed by atoms with van der Waals surface area (Å²) in [7, 11) is 0. The zero-order valence-corrected chi connectivity index (χ0v) is 16.7. The van der Waals surface area contributed by atoms with E-state index in [1.807, 2.05) is 4.90 Å². The van der Waals surface area contributed by atoms with Crippen LogP contribution in [0.1, 0.15) is 30.9 Å². The average molecular weight is 428 g/mol. The Balaban J connectivity index is 1.38. The summed E-state index contributed by atoms with van der Waals surface area (Å²) >= 11 is 0. The number of hydrogen-bond donors (Lipinski definition) is 2. The second-order valence-electron chi connectivity index (χ2n) is 7.95. The largest absolute Gasteiger partial charge is 0.391 e. The minimum Gasteiger partial charge on any atom is -0.391 e. The summed E-state index contributed by atoms with van der Waals surface area (Å²) in [6.07, 6.45) is 3.34. The Hall–Kier alpha value is -3.27. The zero-order valence-electron chi connectivity index (χ0n) is 16.7. The molecule has 10 heteroatoms. The molecule has 2 aliphatic rings. The van der Waals surface area contributed by atoms with Gasteiger partial charge in [-0.3, -0.25) is 5.32 Å². The highest BCUT2D eigenvalue weighted by Crippen LogP contribution is 2.36. The van der Waals surface area contributed by atoms with Crippen LogP contribution >= 0.6 is 0 Å². The molecule has 0 radical (unpaired) electrons. The highest BCUT2D eigenvalue weighted by atomic mass is 19.1. The molecule has 1 aromatic carbocycles. The number of anilines is 2. The number of fused-ring (bicyclic) bond motifs is 1. The Morgan fingerprint density at radius 1 is 1.16 bits per heavy atom. The van der Waals surface area contributed by atoms with Gasteiger partial charge in [-0.2, -0.15) is 0 Å². The molecule has 4 heterocycles. The summed E-state index contributed by atoms with van der Waals surface area (Å²) < 4.78 is 29.6. The number of rotatable bonds is 3. The molecule has 0 saturated carbocycles. The summed E-state index contributed by atoms with van der Waals surface area (Å²) in [4.78, 5) is 20.5. The van der Waals surface area contributed by atoms with E-state index in [1.54, 1.807) is 22.8 Å². The molecule has 2 saturated heterocycles. The van der Waals surface area contributed by atoms with Crippen LogP contribution in [-0.4, -0.2) is 56.4 Å². The standard InChI is InChI=1S/C21H22F2N6O2/c22-13-3-4-16(23)15(10-13)17-2-1-7-28(17)19-6-9-29-20(25-19)11-18(26-29)24-21(31)27-8-5-14(30)12-27/h3-4,6,9-11,14,17,30H,1-2,5,7-8,12H2,(H,24,26,31)/t14-,17+/m0/s1. The van der Waals surface area contributed by atoms with Gasteiger partial charge in [0.25, 0.3) is 0 Å². The molecule has 0 aliphatic carbocycles. The van der Waals surface area contributed by atoms with Crippen LogP contribution in [0.2, 0.25) is 0 Å². The van der Waals surface area contributed by atoms with Gasteiger partial charge >= 0.3 is 6.03 Å². The van der Waals surface area contributed by atoms with E-state index in [4.69, 9.17) is 0 Å². The molecule has 3 aromatic rings. The van der Waals surface area contributed by atoms with Gasteiger partial charge in [0.2, 0.25) is 0 Å². The van der Waals surface area contributed by atoms with E-state index in [0.717, 1.165) is 18.6 Å². The van der Waals surface area contributed by atoms with Crippen LogP contribution in [0.4, 0.5) is 25.2 Å². The SMILES string of the molecule is O=C(Nc1cc2nc(N3CCC[C@@H]3c3cc(F)ccc3F)ccn2n1)N1CC[C@H](O)C1. The van der Waals surface area contributed by atoms with Crippen molar-refractivity contribution in [3.05, 3.63) is 53.7 Å². The Kier molecular flexibility index (Phi) is 4.93. The van der Waals surface area contributed by atoms with E-state index in [9.17, 15) is 18.7 Å². The molecule has 0 unspecified atom stereocenters. The minimum absolute atomic E-state index is 0.297. The average Bonchev–Trinajstić information content (AvgIpc) is 3.48. The summed E-state index contributed by atoms with van der Waals surface area (Å²) in [6.45, 7) is 1.48. The van der Waals surface area contributed by atoms with Crippen molar-refractivity contribution in [1.82, 2.24) is 19.5 Å². The maximum atomic E-state index is 14.4. The number of aliphatic hydroxyl groups excluding tert-OH is 1. The van der Waals surface area contributed by atoms with E-state index in [0.29, 0.717) is 55.3 Å². The Bertz CT molecular complexity index is 1140. The molecule has 2 aliphatic heterocycles. The number of halogens is 2. The van der Waals surface area contributed by atoms with Gasteiger partial charge in [0.05, 0.1) is 12.1 Å². The lowest BCUT2D eigenvalue weighted by molar-refractivity contribution is 0.176. The van der Waals surface area contributed by atoms with E-state index in [1.165, 1.54) is 11.0 Å². The third-order valence-corrected chi connectivity index (χ3v) is 5.86. The van der Waals surface area contributed by atoms with Crippen LogP contribution in [-0.2, 0) is 0 Å². The van der Waals surface area contributed by atoms with Gasteiger partial charge in [-0.05, 0) is 43.5 Å². The van der Waals surface area contributed by atoms with Gasteiger partial charge in [-0.25, -0.2) is 23.1 Å². The monoisotopic (exact) mass is 428 g/mol. The van der Waals surface area contributed by atoms with Crippen molar-refractivity contribution in [1.29, 1.82) is 0 Å². The fraction of sp³-hybridized carbons (Fsp3) is 0.381. The predicted octanol–water partition coefficient (Wildman–Crippen LogP) is 2.95. The number of benzene rings is 1. The summed E-state index contributed by atoms with van der Waals surface area (Å²) in [5.74, 6) is 0.0957. The predicted molar refractivity (Wildman–Crippen MR) is 110 cm³/mol. The molecule has 2 aromatic heterocycles. The van der Waals surface area contributed by atoms with Crippen molar-refractivity contribution in [3.63, 3.8) is 0 Å². The van der Waals surface area contributed by atoms with Crippen molar-refractivity contribution in [2.24, 2.45) is 0 Å². The number of carbonyl (C=O) groups excluding carboxylic acids is 1. The molecule has 2 amide bonds. The number of hydrogen-bond acceptors (Lipinski definition) is 5. The first kappa shape index (κ1) is 19.7. The minimum atomic E-state index is -0.493. The summed E-state index contributed by atoms with van der Waals surface area (Å²) in [6, 6.07) is 6.34. The van der Waals surface area contributed by atoms with E-state index in [2.05, 4.69) is 15.4 Å². The molecular formula is C21H22F2N6O2. The summed E-state index contributed by atoms with van der Waals surface area (Å²) in [5.41, 5.74) is 0.855. The number of β-amino-alcohol motifs (C(OH)–C–C–N with tert-alkyl or cyclic N) is 1. The van der Waals surface area contributed by atoms with Gasteiger partial charge in [0, 0.05) is 37.5 Å². The van der Waals surface area contributed by atoms with Crippen molar-refractivity contribution in [2.75, 3.05) is 29.9 Å². The van der Waals surface area contributed by atoms with Crippen molar-refractivity contribution >= 4 is 23.3 Å². The number of aliphatic hydroxyl groups is 1. The number of carbonyl (C=O) groups is 1. The van der Waals surface area contributed by atoms with E-state index in [-0.39, 0.29) is 12.1 Å². The van der Waals surface area contributed by atoms with Gasteiger partial charge in [-0.15, -0.1) is 5.10 Å². The number of nitrogens with zero attached hydrogens (tertiary/aromatic N) is 5. The van der Waals surface area contributed by atoms with Gasteiger partial charge in [0.15, 0.2) is 11.5 Å².